The Morgan fingerprint density at radius 2 is 1.56 bits per heavy atom. The molecule has 0 heterocycles. The first-order valence-corrected chi connectivity index (χ1v) is 18.3. The van der Waals surface area contributed by atoms with Crippen molar-refractivity contribution in [1.82, 2.24) is 10.6 Å². The van der Waals surface area contributed by atoms with Crippen LogP contribution in [-0.4, -0.2) is 64.3 Å². The summed E-state index contributed by atoms with van der Waals surface area (Å²) < 4.78 is 5.27. The second-order valence-electron chi connectivity index (χ2n) is 15.3. The van der Waals surface area contributed by atoms with Crippen molar-refractivity contribution >= 4 is 35.3 Å². The third kappa shape index (κ3) is 7.87. The average molecular weight is 693 g/mol. The molecule has 272 valence electrons. The number of benzene rings is 1. The summed E-state index contributed by atoms with van der Waals surface area (Å²) in [6.45, 7) is 4.55. The van der Waals surface area contributed by atoms with Crippen LogP contribution in [0.4, 0.5) is 0 Å². The maximum Gasteiger partial charge on any atom is 0.335 e. The van der Waals surface area contributed by atoms with E-state index in [1.165, 1.54) is 17.7 Å². The number of unbranched alkanes of at least 4 members (excludes halogenated alkanes) is 2. The van der Waals surface area contributed by atoms with Gasteiger partial charge >= 0.3 is 11.9 Å². The maximum absolute atomic E-state index is 13.5. The highest BCUT2D eigenvalue weighted by Gasteiger charge is 2.66. The van der Waals surface area contributed by atoms with Crippen LogP contribution >= 0.6 is 0 Å². The fourth-order valence-corrected chi connectivity index (χ4v) is 9.54. The molecule has 0 spiro atoms. The molecule has 0 aliphatic heterocycles. The molecule has 2 amide bonds. The van der Waals surface area contributed by atoms with E-state index in [1.807, 2.05) is 13.0 Å². The van der Waals surface area contributed by atoms with E-state index in [9.17, 15) is 33.9 Å². The van der Waals surface area contributed by atoms with E-state index >= 15 is 0 Å². The van der Waals surface area contributed by atoms with E-state index in [0.717, 1.165) is 44.1 Å². The monoisotopic (exact) mass is 692 g/mol. The first-order chi connectivity index (χ1) is 23.8. The van der Waals surface area contributed by atoms with Crippen molar-refractivity contribution < 1.29 is 43.7 Å². The molecule has 4 aliphatic rings. The summed E-state index contributed by atoms with van der Waals surface area (Å²) in [4.78, 5) is 73.3. The van der Waals surface area contributed by atoms with Crippen LogP contribution in [0.5, 0.6) is 0 Å². The standard InChI is InChI=1S/C39H52N2O9/c1-37-18-15-28(42)22-27(37)11-12-29-30(37)16-19-38(2)31(29)17-20-39(38,49)32(43)24-50-35(46)14-13-34(45)40-21-5-3-4-6-33(44)41-23-25-7-9-26(10-8-25)36(47)48/h7-10,22,29-31,49H,3-6,11-21,23-24H2,1-2H3,(H,40,45)(H,41,44)(H,47,48). The maximum atomic E-state index is 13.5. The van der Waals surface area contributed by atoms with Crippen molar-refractivity contribution in [1.29, 1.82) is 0 Å². The number of allylic oxidation sites excluding steroid dienone is 1. The molecule has 0 bridgehead atoms. The molecular weight excluding hydrogens is 640 g/mol. The number of carbonyl (C=O) groups excluding carboxylic acids is 5. The van der Waals surface area contributed by atoms with E-state index in [4.69, 9.17) is 9.84 Å². The van der Waals surface area contributed by atoms with Gasteiger partial charge < -0.3 is 25.6 Å². The van der Waals surface area contributed by atoms with Crippen LogP contribution in [0.3, 0.4) is 0 Å². The van der Waals surface area contributed by atoms with Gasteiger partial charge in [0.15, 0.2) is 12.4 Å². The Hall–Kier alpha value is -3.86. The van der Waals surface area contributed by atoms with E-state index in [2.05, 4.69) is 17.6 Å². The Bertz CT molecular complexity index is 1520. The molecule has 0 saturated heterocycles. The Kier molecular flexibility index (Phi) is 11.7. The number of amides is 2. The highest BCUT2D eigenvalue weighted by Crippen LogP contribution is 2.67. The topological polar surface area (TPSA) is 176 Å². The third-order valence-corrected chi connectivity index (χ3v) is 12.6. The molecule has 1 aromatic rings. The fraction of sp³-hybridized carbons (Fsp3) is 0.641. The van der Waals surface area contributed by atoms with Gasteiger partial charge in [-0.05, 0) is 105 Å². The SMILES string of the molecule is CC12CCC(=O)C=C1CCC1C2CCC2(C)C1CCC2(O)C(=O)COC(=O)CCC(=O)NCCCCCC(=O)NCc1ccc(C(=O)O)cc1. The van der Waals surface area contributed by atoms with E-state index < -0.39 is 35.3 Å². The number of esters is 1. The lowest BCUT2D eigenvalue weighted by atomic mass is 9.46. The number of carbonyl (C=O) groups is 6. The smallest absolute Gasteiger partial charge is 0.335 e. The molecule has 5 rings (SSSR count). The van der Waals surface area contributed by atoms with Gasteiger partial charge in [0.2, 0.25) is 17.6 Å². The van der Waals surface area contributed by atoms with Crippen molar-refractivity contribution in [2.45, 2.75) is 116 Å². The molecule has 1 aromatic carbocycles. The number of carboxylic acid groups (broad SMARTS) is 1. The summed E-state index contributed by atoms with van der Waals surface area (Å²) in [5.74, 6) is -1.29. The predicted molar refractivity (Wildman–Crippen MR) is 184 cm³/mol. The summed E-state index contributed by atoms with van der Waals surface area (Å²) in [7, 11) is 0. The Labute approximate surface area is 294 Å². The number of hydrogen-bond acceptors (Lipinski definition) is 8. The summed E-state index contributed by atoms with van der Waals surface area (Å²) in [6, 6.07) is 6.32. The summed E-state index contributed by atoms with van der Waals surface area (Å²) in [6.07, 6.45) is 10.0. The number of ketones is 2. The minimum atomic E-state index is -1.56. The fourth-order valence-electron chi connectivity index (χ4n) is 9.54. The number of ether oxygens (including phenoxy) is 1. The Balaban J connectivity index is 0.959. The number of hydrogen-bond donors (Lipinski definition) is 4. The van der Waals surface area contributed by atoms with Gasteiger partial charge in [-0.25, -0.2) is 4.79 Å². The quantitative estimate of drug-likeness (QED) is 0.148. The minimum absolute atomic E-state index is 0.00594. The molecule has 3 saturated carbocycles. The molecular formula is C39H52N2O9. The van der Waals surface area contributed by atoms with E-state index in [-0.39, 0.29) is 47.3 Å². The average Bonchev–Trinajstić information content (AvgIpc) is 3.38. The Morgan fingerprint density at radius 1 is 0.840 bits per heavy atom. The Morgan fingerprint density at radius 3 is 2.30 bits per heavy atom. The van der Waals surface area contributed by atoms with Gasteiger partial charge in [0.1, 0.15) is 5.60 Å². The van der Waals surface area contributed by atoms with Crippen molar-refractivity contribution in [2.75, 3.05) is 13.2 Å². The van der Waals surface area contributed by atoms with Crippen molar-refractivity contribution in [3.05, 3.63) is 47.0 Å². The van der Waals surface area contributed by atoms with Crippen LogP contribution in [0.25, 0.3) is 0 Å². The van der Waals surface area contributed by atoms with Gasteiger partial charge in [0, 0.05) is 37.8 Å². The van der Waals surface area contributed by atoms with E-state index in [0.29, 0.717) is 63.5 Å². The van der Waals surface area contributed by atoms with Gasteiger partial charge in [0.25, 0.3) is 0 Å². The molecule has 6 atom stereocenters. The molecule has 4 aliphatic carbocycles. The zero-order valence-electron chi connectivity index (χ0n) is 29.4. The molecule has 4 N–H and O–H groups in total. The van der Waals surface area contributed by atoms with Crippen molar-refractivity contribution in [3.63, 3.8) is 0 Å². The summed E-state index contributed by atoms with van der Waals surface area (Å²) in [5, 5.41) is 26.4. The molecule has 0 radical (unpaired) electrons. The lowest BCUT2D eigenvalue weighted by molar-refractivity contribution is -0.170. The number of rotatable bonds is 15. The summed E-state index contributed by atoms with van der Waals surface area (Å²) in [5.41, 5.74) is 0.130. The van der Waals surface area contributed by atoms with Crippen LogP contribution in [0.15, 0.2) is 35.9 Å². The number of nitrogens with one attached hydrogen (secondary N) is 2. The van der Waals surface area contributed by atoms with Crippen LogP contribution in [0, 0.1) is 28.6 Å². The lowest BCUT2D eigenvalue weighted by Gasteiger charge is -2.58. The molecule has 11 nitrogen and oxygen atoms in total. The van der Waals surface area contributed by atoms with Crippen LogP contribution in [-0.2, 0) is 35.3 Å². The van der Waals surface area contributed by atoms with Gasteiger partial charge in [-0.2, -0.15) is 0 Å². The molecule has 0 aromatic heterocycles. The second-order valence-corrected chi connectivity index (χ2v) is 15.3. The van der Waals surface area contributed by atoms with Crippen molar-refractivity contribution in [2.24, 2.45) is 28.6 Å². The first kappa shape index (κ1) is 37.4. The zero-order valence-corrected chi connectivity index (χ0v) is 29.4. The lowest BCUT2D eigenvalue weighted by Crippen LogP contribution is -2.58. The van der Waals surface area contributed by atoms with Crippen LogP contribution < -0.4 is 10.6 Å². The second kappa shape index (κ2) is 15.6. The predicted octanol–water partition coefficient (Wildman–Crippen LogP) is 4.83. The molecule has 11 heteroatoms. The number of Topliss-reactive ketones (excluding diaryl/α,β-unsaturated/α-hetero) is 1. The minimum Gasteiger partial charge on any atom is -0.478 e. The van der Waals surface area contributed by atoms with Crippen LogP contribution in [0.1, 0.15) is 120 Å². The zero-order chi connectivity index (χ0) is 36.1. The summed E-state index contributed by atoms with van der Waals surface area (Å²) >= 11 is 0. The van der Waals surface area contributed by atoms with Gasteiger partial charge in [-0.15, -0.1) is 0 Å². The third-order valence-electron chi connectivity index (χ3n) is 12.6. The number of aliphatic hydroxyl groups is 1. The largest absolute Gasteiger partial charge is 0.478 e. The number of aromatic carboxylic acids is 1. The molecule has 3 fully saturated rings. The van der Waals surface area contributed by atoms with E-state index in [1.54, 1.807) is 12.1 Å². The molecule has 50 heavy (non-hydrogen) atoms. The van der Waals surface area contributed by atoms with Gasteiger partial charge in [-0.3, -0.25) is 24.0 Å². The van der Waals surface area contributed by atoms with Gasteiger partial charge in [0.05, 0.1) is 12.0 Å². The van der Waals surface area contributed by atoms with Crippen LogP contribution in [0.2, 0.25) is 0 Å². The number of fused-ring (bicyclic) bond motifs is 5. The highest BCUT2D eigenvalue weighted by atomic mass is 16.5. The normalized spacial score (nSPS) is 29.9. The van der Waals surface area contributed by atoms with Crippen molar-refractivity contribution in [3.8, 4) is 0 Å². The first-order valence-electron chi connectivity index (χ1n) is 18.3. The number of carboxylic acids is 1. The van der Waals surface area contributed by atoms with Gasteiger partial charge in [-0.1, -0.05) is 38.0 Å². The molecule has 6 unspecified atom stereocenters. The highest BCUT2D eigenvalue weighted by molar-refractivity contribution is 5.92.